The Bertz CT molecular complexity index is 423. The van der Waals surface area contributed by atoms with Gasteiger partial charge in [-0.2, -0.15) is 10.2 Å². The molecule has 0 saturated carbocycles. The zero-order valence-electron chi connectivity index (χ0n) is 8.40. The minimum atomic E-state index is 1.16. The van der Waals surface area contributed by atoms with Gasteiger partial charge in [0, 0.05) is 10.8 Å². The van der Waals surface area contributed by atoms with Gasteiger partial charge in [0.1, 0.15) is 0 Å². The molecule has 0 unspecified atom stereocenters. The zero-order valence-corrected chi connectivity index (χ0v) is 8.40. The van der Waals surface area contributed by atoms with Crippen LogP contribution in [0.4, 0.5) is 0 Å². The van der Waals surface area contributed by atoms with Crippen LogP contribution >= 0.6 is 0 Å². The molecule has 0 aliphatic carbocycles. The van der Waals surface area contributed by atoms with Crippen LogP contribution in [0.25, 0.3) is 10.8 Å². The largest absolute Gasteiger partial charge is 0.158 e. The van der Waals surface area contributed by atoms with Gasteiger partial charge in [-0.15, -0.1) is 0 Å². The zero-order chi connectivity index (χ0) is 9.80. The molecule has 0 aliphatic rings. The molecule has 0 radical (unpaired) electrons. The molecule has 72 valence electrons. The fourth-order valence-corrected chi connectivity index (χ4v) is 1.58. The van der Waals surface area contributed by atoms with Crippen molar-refractivity contribution in [1.82, 2.24) is 10.2 Å². The Kier molecular flexibility index (Phi) is 2.73. The number of unbranched alkanes of at least 4 members (excludes halogenated alkanes) is 1. The molecule has 0 aliphatic heterocycles. The summed E-state index contributed by atoms with van der Waals surface area (Å²) >= 11 is 0. The Morgan fingerprint density at radius 3 is 2.64 bits per heavy atom. The summed E-state index contributed by atoms with van der Waals surface area (Å²) in [4.78, 5) is 0. The highest BCUT2D eigenvalue weighted by Crippen LogP contribution is 2.14. The summed E-state index contributed by atoms with van der Waals surface area (Å²) in [5, 5.41) is 10.1. The molecule has 1 aromatic carbocycles. The molecule has 2 rings (SSSR count). The van der Waals surface area contributed by atoms with E-state index in [1.165, 1.54) is 29.2 Å². The predicted octanol–water partition coefficient (Wildman–Crippen LogP) is 2.97. The summed E-state index contributed by atoms with van der Waals surface area (Å²) in [6.07, 6.45) is 7.29. The molecule has 0 bridgehead atoms. The average molecular weight is 186 g/mol. The summed E-state index contributed by atoms with van der Waals surface area (Å²) in [5.74, 6) is 0. The van der Waals surface area contributed by atoms with Gasteiger partial charge >= 0.3 is 0 Å². The molecular weight excluding hydrogens is 172 g/mol. The highest BCUT2D eigenvalue weighted by molar-refractivity contribution is 5.81. The van der Waals surface area contributed by atoms with Crippen LogP contribution in [0.15, 0.2) is 30.6 Å². The molecule has 0 fully saturated rings. The molecule has 0 spiro atoms. The molecule has 0 N–H and O–H groups in total. The summed E-state index contributed by atoms with van der Waals surface area (Å²) in [5.41, 5.74) is 1.40. The van der Waals surface area contributed by atoms with Crippen molar-refractivity contribution in [2.45, 2.75) is 26.2 Å². The highest BCUT2D eigenvalue weighted by atomic mass is 15.1. The van der Waals surface area contributed by atoms with E-state index in [1.54, 1.807) is 6.20 Å². The van der Waals surface area contributed by atoms with Crippen LogP contribution < -0.4 is 0 Å². The van der Waals surface area contributed by atoms with E-state index >= 15 is 0 Å². The molecule has 0 amide bonds. The van der Waals surface area contributed by atoms with E-state index in [0.29, 0.717) is 0 Å². The molecule has 14 heavy (non-hydrogen) atoms. The number of nitrogens with zero attached hydrogens (tertiary/aromatic N) is 2. The first-order chi connectivity index (χ1) is 6.90. The lowest BCUT2D eigenvalue weighted by Crippen LogP contribution is -1.86. The Morgan fingerprint density at radius 1 is 1.07 bits per heavy atom. The van der Waals surface area contributed by atoms with Crippen molar-refractivity contribution < 1.29 is 0 Å². The maximum absolute atomic E-state index is 3.88. The van der Waals surface area contributed by atoms with Gasteiger partial charge in [-0.3, -0.25) is 0 Å². The third-order valence-corrected chi connectivity index (χ3v) is 2.43. The minimum Gasteiger partial charge on any atom is -0.158 e. The first-order valence-electron chi connectivity index (χ1n) is 5.09. The van der Waals surface area contributed by atoms with Gasteiger partial charge in [-0.05, 0) is 24.5 Å². The molecular formula is C12H14N2. The molecule has 0 saturated heterocycles. The van der Waals surface area contributed by atoms with Crippen LogP contribution in [0.2, 0.25) is 0 Å². The van der Waals surface area contributed by atoms with Gasteiger partial charge in [0.2, 0.25) is 0 Å². The van der Waals surface area contributed by atoms with E-state index in [0.717, 1.165) is 6.42 Å². The second-order valence-electron chi connectivity index (χ2n) is 3.56. The van der Waals surface area contributed by atoms with Crippen molar-refractivity contribution >= 4 is 10.8 Å². The van der Waals surface area contributed by atoms with E-state index in [-0.39, 0.29) is 0 Å². The molecule has 2 aromatic rings. The summed E-state index contributed by atoms with van der Waals surface area (Å²) < 4.78 is 0. The van der Waals surface area contributed by atoms with E-state index < -0.39 is 0 Å². The molecule has 0 atom stereocenters. The predicted molar refractivity (Wildman–Crippen MR) is 58.2 cm³/mol. The van der Waals surface area contributed by atoms with Crippen LogP contribution in [0.1, 0.15) is 25.3 Å². The van der Waals surface area contributed by atoms with Crippen LogP contribution in [0.3, 0.4) is 0 Å². The number of hydrogen-bond acceptors (Lipinski definition) is 2. The van der Waals surface area contributed by atoms with Gasteiger partial charge in [0.25, 0.3) is 0 Å². The van der Waals surface area contributed by atoms with E-state index in [2.05, 4.69) is 35.3 Å². The van der Waals surface area contributed by atoms with Gasteiger partial charge in [-0.25, -0.2) is 0 Å². The number of hydrogen-bond donors (Lipinski definition) is 0. The lowest BCUT2D eigenvalue weighted by Gasteiger charge is -2.01. The van der Waals surface area contributed by atoms with Gasteiger partial charge in [-0.1, -0.05) is 25.5 Å². The minimum absolute atomic E-state index is 1.16. The number of benzene rings is 1. The van der Waals surface area contributed by atoms with E-state index in [9.17, 15) is 0 Å². The number of aromatic nitrogens is 2. The fraction of sp³-hybridized carbons (Fsp3) is 0.333. The molecule has 2 nitrogen and oxygen atoms in total. The quantitative estimate of drug-likeness (QED) is 0.736. The Labute approximate surface area is 84.0 Å². The molecule has 2 heteroatoms. The fourth-order valence-electron chi connectivity index (χ4n) is 1.58. The van der Waals surface area contributed by atoms with Gasteiger partial charge in [0.15, 0.2) is 0 Å². The number of fused-ring (bicyclic) bond motifs is 1. The van der Waals surface area contributed by atoms with Crippen molar-refractivity contribution in [2.24, 2.45) is 0 Å². The third-order valence-electron chi connectivity index (χ3n) is 2.43. The van der Waals surface area contributed by atoms with Crippen molar-refractivity contribution in [1.29, 1.82) is 0 Å². The van der Waals surface area contributed by atoms with Crippen LogP contribution in [-0.4, -0.2) is 10.2 Å². The van der Waals surface area contributed by atoms with Crippen molar-refractivity contribution in [3.8, 4) is 0 Å². The summed E-state index contributed by atoms with van der Waals surface area (Å²) in [7, 11) is 0. The van der Waals surface area contributed by atoms with Crippen LogP contribution in [-0.2, 0) is 6.42 Å². The number of aryl methyl sites for hydroxylation is 1. The first kappa shape index (κ1) is 9.13. The smallest absolute Gasteiger partial charge is 0.0574 e. The topological polar surface area (TPSA) is 25.8 Å². The van der Waals surface area contributed by atoms with Crippen molar-refractivity contribution in [3.05, 3.63) is 36.2 Å². The van der Waals surface area contributed by atoms with Gasteiger partial charge in [0.05, 0.1) is 12.4 Å². The van der Waals surface area contributed by atoms with Gasteiger partial charge < -0.3 is 0 Å². The lowest BCUT2D eigenvalue weighted by molar-refractivity contribution is 0.796. The van der Waals surface area contributed by atoms with E-state index in [1.807, 2.05) is 6.20 Å². The number of rotatable bonds is 3. The molecule has 1 heterocycles. The monoisotopic (exact) mass is 186 g/mol. The lowest BCUT2D eigenvalue weighted by atomic mass is 10.1. The second-order valence-corrected chi connectivity index (χ2v) is 3.56. The van der Waals surface area contributed by atoms with Crippen molar-refractivity contribution in [2.75, 3.05) is 0 Å². The standard InChI is InChI=1S/C12H14N2/c1-2-3-4-10-5-6-11-8-13-14-9-12(11)7-10/h5-9H,2-4H2,1H3. The first-order valence-corrected chi connectivity index (χ1v) is 5.09. The summed E-state index contributed by atoms with van der Waals surface area (Å²) in [6, 6.07) is 6.51. The maximum Gasteiger partial charge on any atom is 0.0574 e. The second kappa shape index (κ2) is 4.18. The third kappa shape index (κ3) is 1.90. The average Bonchev–Trinajstić information content (AvgIpc) is 2.26. The van der Waals surface area contributed by atoms with E-state index in [4.69, 9.17) is 0 Å². The maximum atomic E-state index is 3.88. The SMILES string of the molecule is CCCCc1ccc2cnncc2c1. The summed E-state index contributed by atoms with van der Waals surface area (Å²) in [6.45, 7) is 2.21. The highest BCUT2D eigenvalue weighted by Gasteiger charge is 1.96. The Balaban J connectivity index is 2.32. The van der Waals surface area contributed by atoms with Crippen LogP contribution in [0, 0.1) is 0 Å². The van der Waals surface area contributed by atoms with Crippen molar-refractivity contribution in [3.63, 3.8) is 0 Å². The normalized spacial score (nSPS) is 10.6. The Hall–Kier alpha value is -1.44. The Morgan fingerprint density at radius 2 is 1.86 bits per heavy atom. The van der Waals surface area contributed by atoms with Crippen LogP contribution in [0.5, 0.6) is 0 Å². The molecule has 1 aromatic heterocycles.